The summed E-state index contributed by atoms with van der Waals surface area (Å²) in [5, 5.41) is 6.72. The molecule has 0 fully saturated rings. The molecule has 1 unspecified atom stereocenters. The van der Waals surface area contributed by atoms with Crippen molar-refractivity contribution in [3.05, 3.63) is 54.4 Å². The second-order valence-electron chi connectivity index (χ2n) is 7.50. The molecule has 2 amide bonds. The molecule has 0 saturated heterocycles. The summed E-state index contributed by atoms with van der Waals surface area (Å²) in [6, 6.07) is 10.5. The van der Waals surface area contributed by atoms with E-state index in [1.807, 2.05) is 30.5 Å². The molecule has 3 aromatic rings. The van der Waals surface area contributed by atoms with Crippen molar-refractivity contribution < 1.29 is 19.1 Å². The van der Waals surface area contributed by atoms with E-state index in [4.69, 9.17) is 9.47 Å². The van der Waals surface area contributed by atoms with Crippen LogP contribution in [-0.4, -0.2) is 48.1 Å². The van der Waals surface area contributed by atoms with Crippen molar-refractivity contribution in [1.82, 2.24) is 15.3 Å². The minimum atomic E-state index is -0.730. The molecule has 0 saturated carbocycles. The number of amides is 2. The number of carbonyl (C=O) groups excluding carboxylic acids is 2. The standard InChI is InChI=1S/C23H28N4O4/c1-15(2)22(28)27-20(12-16-13-24-19-7-5-4-6-18(16)19)23(29)26-17-8-9-21(25-14-17)31-11-10-30-3/h4-9,13-15,20,24H,10-12H2,1-3H3,(H,26,29)(H,27,28). The molecule has 3 N–H and O–H groups in total. The number of benzene rings is 1. The van der Waals surface area contributed by atoms with Crippen molar-refractivity contribution in [2.24, 2.45) is 5.92 Å². The van der Waals surface area contributed by atoms with E-state index in [0.29, 0.717) is 31.2 Å². The van der Waals surface area contributed by atoms with Crippen molar-refractivity contribution in [2.75, 3.05) is 25.6 Å². The summed E-state index contributed by atoms with van der Waals surface area (Å²) < 4.78 is 10.4. The first kappa shape index (κ1) is 22.3. The Morgan fingerprint density at radius 2 is 1.90 bits per heavy atom. The van der Waals surface area contributed by atoms with Crippen LogP contribution in [0, 0.1) is 5.92 Å². The summed E-state index contributed by atoms with van der Waals surface area (Å²) in [7, 11) is 1.60. The van der Waals surface area contributed by atoms with Crippen LogP contribution in [0.5, 0.6) is 5.88 Å². The number of aromatic amines is 1. The first-order valence-electron chi connectivity index (χ1n) is 10.2. The molecule has 0 spiro atoms. The summed E-state index contributed by atoms with van der Waals surface area (Å²) >= 11 is 0. The Bertz CT molecular complexity index is 1010. The monoisotopic (exact) mass is 424 g/mol. The van der Waals surface area contributed by atoms with E-state index in [-0.39, 0.29) is 17.7 Å². The van der Waals surface area contributed by atoms with Crippen LogP contribution in [0.15, 0.2) is 48.8 Å². The number of rotatable bonds is 10. The molecule has 31 heavy (non-hydrogen) atoms. The molecule has 3 rings (SSSR count). The van der Waals surface area contributed by atoms with Gasteiger partial charge in [-0.05, 0) is 17.7 Å². The fraction of sp³-hybridized carbons (Fsp3) is 0.348. The van der Waals surface area contributed by atoms with E-state index in [9.17, 15) is 9.59 Å². The molecule has 0 aliphatic carbocycles. The number of ether oxygens (including phenoxy) is 2. The zero-order valence-corrected chi connectivity index (χ0v) is 18.0. The van der Waals surface area contributed by atoms with Crippen LogP contribution in [0.2, 0.25) is 0 Å². The van der Waals surface area contributed by atoms with Gasteiger partial charge in [-0.3, -0.25) is 9.59 Å². The predicted molar refractivity (Wildman–Crippen MR) is 119 cm³/mol. The number of para-hydroxylation sites is 1. The van der Waals surface area contributed by atoms with Gasteiger partial charge in [-0.25, -0.2) is 4.98 Å². The molecule has 164 valence electrons. The minimum Gasteiger partial charge on any atom is -0.475 e. The van der Waals surface area contributed by atoms with E-state index < -0.39 is 6.04 Å². The highest BCUT2D eigenvalue weighted by atomic mass is 16.5. The first-order valence-corrected chi connectivity index (χ1v) is 10.2. The molecule has 2 aromatic heterocycles. The fourth-order valence-corrected chi connectivity index (χ4v) is 3.07. The van der Waals surface area contributed by atoms with Gasteiger partial charge < -0.3 is 25.1 Å². The lowest BCUT2D eigenvalue weighted by molar-refractivity contribution is -0.128. The number of aromatic nitrogens is 2. The molecule has 0 bridgehead atoms. The van der Waals surface area contributed by atoms with Gasteiger partial charge in [0, 0.05) is 42.6 Å². The van der Waals surface area contributed by atoms with Crippen LogP contribution < -0.4 is 15.4 Å². The van der Waals surface area contributed by atoms with Gasteiger partial charge in [-0.15, -0.1) is 0 Å². The lowest BCUT2D eigenvalue weighted by Gasteiger charge is -2.19. The van der Waals surface area contributed by atoms with Gasteiger partial charge in [-0.2, -0.15) is 0 Å². The van der Waals surface area contributed by atoms with Crippen molar-refractivity contribution >= 4 is 28.4 Å². The lowest BCUT2D eigenvalue weighted by Crippen LogP contribution is -2.46. The molecule has 2 heterocycles. The number of nitrogens with zero attached hydrogens (tertiary/aromatic N) is 1. The Hall–Kier alpha value is -3.39. The smallest absolute Gasteiger partial charge is 0.247 e. The van der Waals surface area contributed by atoms with E-state index in [1.165, 1.54) is 6.20 Å². The highest BCUT2D eigenvalue weighted by molar-refractivity contribution is 5.98. The first-order chi connectivity index (χ1) is 15.0. The maximum absolute atomic E-state index is 13.0. The van der Waals surface area contributed by atoms with Crippen molar-refractivity contribution in [2.45, 2.75) is 26.3 Å². The maximum atomic E-state index is 13.0. The average Bonchev–Trinajstić information content (AvgIpc) is 3.17. The van der Waals surface area contributed by atoms with Crippen LogP contribution >= 0.6 is 0 Å². The SMILES string of the molecule is COCCOc1ccc(NC(=O)C(Cc2c[nH]c3ccccc23)NC(=O)C(C)C)cn1. The zero-order valence-electron chi connectivity index (χ0n) is 18.0. The molecule has 8 nitrogen and oxygen atoms in total. The number of pyridine rings is 1. The number of H-pyrrole nitrogens is 1. The number of fused-ring (bicyclic) bond motifs is 1. The fourth-order valence-electron chi connectivity index (χ4n) is 3.07. The summed E-state index contributed by atoms with van der Waals surface area (Å²) in [5.41, 5.74) is 2.46. The van der Waals surface area contributed by atoms with E-state index in [1.54, 1.807) is 33.1 Å². The third-order valence-corrected chi connectivity index (χ3v) is 4.80. The molecule has 0 aliphatic heterocycles. The zero-order chi connectivity index (χ0) is 22.2. The van der Waals surface area contributed by atoms with E-state index >= 15 is 0 Å². The number of hydrogen-bond acceptors (Lipinski definition) is 5. The van der Waals surface area contributed by atoms with Crippen molar-refractivity contribution in [1.29, 1.82) is 0 Å². The molecular weight excluding hydrogens is 396 g/mol. The minimum absolute atomic E-state index is 0.181. The van der Waals surface area contributed by atoms with Gasteiger partial charge in [0.2, 0.25) is 17.7 Å². The Balaban J connectivity index is 1.72. The van der Waals surface area contributed by atoms with Gasteiger partial charge in [0.15, 0.2) is 0 Å². The third kappa shape index (κ3) is 6.05. The van der Waals surface area contributed by atoms with Gasteiger partial charge in [-0.1, -0.05) is 32.0 Å². The Morgan fingerprint density at radius 3 is 2.61 bits per heavy atom. The summed E-state index contributed by atoms with van der Waals surface area (Å²) in [5.74, 6) is -0.281. The normalized spacial score (nSPS) is 12.0. The molecule has 0 aliphatic rings. The van der Waals surface area contributed by atoms with Crippen LogP contribution in [-0.2, 0) is 20.7 Å². The van der Waals surface area contributed by atoms with Crippen LogP contribution in [0.3, 0.4) is 0 Å². The van der Waals surface area contributed by atoms with Crippen molar-refractivity contribution in [3.8, 4) is 5.88 Å². The maximum Gasteiger partial charge on any atom is 0.247 e. The number of hydrogen-bond donors (Lipinski definition) is 3. The Labute approximate surface area is 181 Å². The highest BCUT2D eigenvalue weighted by Gasteiger charge is 2.24. The summed E-state index contributed by atoms with van der Waals surface area (Å²) in [6.45, 7) is 4.44. The Morgan fingerprint density at radius 1 is 1.10 bits per heavy atom. The van der Waals surface area contributed by atoms with Gasteiger partial charge >= 0.3 is 0 Å². The van der Waals surface area contributed by atoms with Gasteiger partial charge in [0.25, 0.3) is 0 Å². The van der Waals surface area contributed by atoms with Crippen LogP contribution in [0.25, 0.3) is 10.9 Å². The predicted octanol–water partition coefficient (Wildman–Crippen LogP) is 2.91. The lowest BCUT2D eigenvalue weighted by atomic mass is 10.0. The Kier molecular flexibility index (Phi) is 7.61. The second-order valence-corrected chi connectivity index (χ2v) is 7.50. The summed E-state index contributed by atoms with van der Waals surface area (Å²) in [4.78, 5) is 32.7. The third-order valence-electron chi connectivity index (χ3n) is 4.80. The molecular formula is C23H28N4O4. The van der Waals surface area contributed by atoms with Crippen LogP contribution in [0.1, 0.15) is 19.4 Å². The average molecular weight is 425 g/mol. The van der Waals surface area contributed by atoms with E-state index in [0.717, 1.165) is 16.5 Å². The largest absolute Gasteiger partial charge is 0.475 e. The number of nitrogens with one attached hydrogen (secondary N) is 3. The summed E-state index contributed by atoms with van der Waals surface area (Å²) in [6.07, 6.45) is 3.76. The molecule has 8 heteroatoms. The topological polar surface area (TPSA) is 105 Å². The van der Waals surface area contributed by atoms with Gasteiger partial charge in [0.1, 0.15) is 12.6 Å². The molecule has 0 radical (unpaired) electrons. The quantitative estimate of drug-likeness (QED) is 0.434. The number of anilines is 1. The van der Waals surface area contributed by atoms with Gasteiger partial charge in [0.05, 0.1) is 18.5 Å². The highest BCUT2D eigenvalue weighted by Crippen LogP contribution is 2.20. The van der Waals surface area contributed by atoms with Crippen LogP contribution in [0.4, 0.5) is 5.69 Å². The molecule has 1 aromatic carbocycles. The second kappa shape index (κ2) is 10.6. The molecule has 1 atom stereocenters. The number of methoxy groups -OCH3 is 1. The van der Waals surface area contributed by atoms with E-state index in [2.05, 4.69) is 20.6 Å². The number of carbonyl (C=O) groups is 2. The van der Waals surface area contributed by atoms with Crippen molar-refractivity contribution in [3.63, 3.8) is 0 Å².